The summed E-state index contributed by atoms with van der Waals surface area (Å²) in [5, 5.41) is 3.00. The van der Waals surface area contributed by atoms with Crippen molar-refractivity contribution in [2.75, 3.05) is 59.0 Å². The van der Waals surface area contributed by atoms with E-state index in [9.17, 15) is 9.59 Å². The number of carbonyl (C=O) groups excluding carboxylic acids is 2. The van der Waals surface area contributed by atoms with Crippen molar-refractivity contribution in [2.24, 2.45) is 0 Å². The van der Waals surface area contributed by atoms with Crippen LogP contribution in [-0.2, 0) is 9.53 Å². The number of hydrogen-bond donors (Lipinski definition) is 1. The van der Waals surface area contributed by atoms with Gasteiger partial charge in [-0.05, 0) is 12.8 Å². The predicted octanol–water partition coefficient (Wildman–Crippen LogP) is -0.275. The summed E-state index contributed by atoms with van der Waals surface area (Å²) in [6.45, 7) is 6.77. The van der Waals surface area contributed by atoms with Crippen molar-refractivity contribution in [2.45, 2.75) is 25.3 Å². The second kappa shape index (κ2) is 7.28. The van der Waals surface area contributed by atoms with Crippen LogP contribution in [-0.4, -0.2) is 91.7 Å². The van der Waals surface area contributed by atoms with E-state index >= 15 is 0 Å². The highest BCUT2D eigenvalue weighted by atomic mass is 16.5. The molecule has 2 heterocycles. The number of urea groups is 1. The molecule has 0 aromatic carbocycles. The van der Waals surface area contributed by atoms with Crippen molar-refractivity contribution in [3.8, 4) is 0 Å². The average molecular weight is 310 g/mol. The number of hydrogen-bond acceptors (Lipinski definition) is 4. The molecule has 0 atom stereocenters. The van der Waals surface area contributed by atoms with E-state index in [4.69, 9.17) is 4.74 Å². The third-order valence-corrected chi connectivity index (χ3v) is 4.57. The van der Waals surface area contributed by atoms with Gasteiger partial charge in [-0.1, -0.05) is 0 Å². The Kier molecular flexibility index (Phi) is 5.15. The van der Waals surface area contributed by atoms with Crippen LogP contribution in [0.15, 0.2) is 0 Å². The zero-order valence-corrected chi connectivity index (χ0v) is 13.1. The molecule has 1 saturated carbocycles. The van der Waals surface area contributed by atoms with Crippen LogP contribution in [0.3, 0.4) is 0 Å². The maximum atomic E-state index is 12.3. The first kappa shape index (κ1) is 15.6. The molecule has 3 aliphatic rings. The van der Waals surface area contributed by atoms with Crippen LogP contribution in [0.4, 0.5) is 4.79 Å². The highest BCUT2D eigenvalue weighted by molar-refractivity contribution is 5.78. The quantitative estimate of drug-likeness (QED) is 0.776. The Bertz CT molecular complexity index is 400. The Labute approximate surface area is 131 Å². The molecule has 0 aromatic rings. The number of nitrogens with one attached hydrogen (secondary N) is 1. The minimum atomic E-state index is 0.0305. The summed E-state index contributed by atoms with van der Waals surface area (Å²) in [5.74, 6) is 0.203. The van der Waals surface area contributed by atoms with Gasteiger partial charge < -0.3 is 19.9 Å². The lowest BCUT2D eigenvalue weighted by atomic mass is 10.2. The molecule has 0 bridgehead atoms. The van der Waals surface area contributed by atoms with Gasteiger partial charge in [0, 0.05) is 58.3 Å². The van der Waals surface area contributed by atoms with Crippen LogP contribution in [0, 0.1) is 0 Å². The smallest absolute Gasteiger partial charge is 0.317 e. The van der Waals surface area contributed by atoms with Gasteiger partial charge in [0.2, 0.25) is 5.91 Å². The summed E-state index contributed by atoms with van der Waals surface area (Å²) in [5.41, 5.74) is 0. The molecular weight excluding hydrogens is 284 g/mol. The molecule has 2 saturated heterocycles. The highest BCUT2D eigenvalue weighted by Crippen LogP contribution is 2.19. The van der Waals surface area contributed by atoms with Crippen molar-refractivity contribution in [1.82, 2.24) is 20.0 Å². The highest BCUT2D eigenvalue weighted by Gasteiger charge is 2.28. The van der Waals surface area contributed by atoms with Gasteiger partial charge in [0.15, 0.2) is 0 Å². The van der Waals surface area contributed by atoms with Gasteiger partial charge in [0.1, 0.15) is 0 Å². The lowest BCUT2D eigenvalue weighted by Gasteiger charge is -2.35. The Morgan fingerprint density at radius 1 is 0.955 bits per heavy atom. The molecule has 0 aromatic heterocycles. The molecule has 0 unspecified atom stereocenters. The average Bonchev–Trinajstić information content (AvgIpc) is 3.37. The Balaban J connectivity index is 1.34. The number of rotatable bonds is 4. The van der Waals surface area contributed by atoms with Gasteiger partial charge in [-0.3, -0.25) is 9.69 Å². The second-order valence-electron chi connectivity index (χ2n) is 6.30. The number of morpholine rings is 1. The minimum absolute atomic E-state index is 0.0305. The van der Waals surface area contributed by atoms with E-state index in [1.165, 1.54) is 0 Å². The first-order valence-corrected chi connectivity index (χ1v) is 8.36. The van der Waals surface area contributed by atoms with Gasteiger partial charge in [-0.25, -0.2) is 4.79 Å². The molecule has 3 amide bonds. The second-order valence-corrected chi connectivity index (χ2v) is 6.30. The largest absolute Gasteiger partial charge is 0.379 e. The first-order valence-electron chi connectivity index (χ1n) is 8.36. The van der Waals surface area contributed by atoms with Crippen LogP contribution in [0.1, 0.15) is 19.3 Å². The maximum Gasteiger partial charge on any atom is 0.317 e. The summed E-state index contributed by atoms with van der Waals surface area (Å²) in [4.78, 5) is 30.2. The molecule has 0 spiro atoms. The maximum absolute atomic E-state index is 12.3. The van der Waals surface area contributed by atoms with Crippen molar-refractivity contribution in [3.63, 3.8) is 0 Å². The number of amides is 3. The van der Waals surface area contributed by atoms with Crippen LogP contribution in [0.25, 0.3) is 0 Å². The van der Waals surface area contributed by atoms with E-state index in [1.807, 2.05) is 9.80 Å². The van der Waals surface area contributed by atoms with E-state index in [0.29, 0.717) is 38.6 Å². The molecule has 7 heteroatoms. The lowest BCUT2D eigenvalue weighted by molar-refractivity contribution is -0.133. The minimum Gasteiger partial charge on any atom is -0.379 e. The Hall–Kier alpha value is -1.34. The first-order chi connectivity index (χ1) is 10.7. The van der Waals surface area contributed by atoms with E-state index in [0.717, 1.165) is 45.7 Å². The van der Waals surface area contributed by atoms with E-state index in [-0.39, 0.29) is 11.9 Å². The molecule has 0 radical (unpaired) electrons. The van der Waals surface area contributed by atoms with E-state index in [2.05, 4.69) is 10.2 Å². The monoisotopic (exact) mass is 310 g/mol. The van der Waals surface area contributed by atoms with Gasteiger partial charge in [0.05, 0.1) is 13.2 Å². The fourth-order valence-corrected chi connectivity index (χ4v) is 2.89. The van der Waals surface area contributed by atoms with Gasteiger partial charge in [-0.2, -0.15) is 0 Å². The number of ether oxygens (including phenoxy) is 1. The number of carbonyl (C=O) groups is 2. The molecule has 124 valence electrons. The van der Waals surface area contributed by atoms with Crippen LogP contribution >= 0.6 is 0 Å². The summed E-state index contributed by atoms with van der Waals surface area (Å²) < 4.78 is 5.31. The molecule has 3 rings (SSSR count). The lowest BCUT2D eigenvalue weighted by Crippen LogP contribution is -2.53. The van der Waals surface area contributed by atoms with E-state index < -0.39 is 0 Å². The number of nitrogens with zero attached hydrogens (tertiary/aromatic N) is 3. The van der Waals surface area contributed by atoms with Gasteiger partial charge in [0.25, 0.3) is 0 Å². The molecule has 1 aliphatic carbocycles. The Morgan fingerprint density at radius 3 is 2.23 bits per heavy atom. The van der Waals surface area contributed by atoms with Crippen molar-refractivity contribution in [3.05, 3.63) is 0 Å². The van der Waals surface area contributed by atoms with Crippen molar-refractivity contribution in [1.29, 1.82) is 0 Å². The third-order valence-electron chi connectivity index (χ3n) is 4.57. The van der Waals surface area contributed by atoms with E-state index in [1.54, 1.807) is 0 Å². The van der Waals surface area contributed by atoms with Crippen LogP contribution in [0.5, 0.6) is 0 Å². The topological polar surface area (TPSA) is 65.1 Å². The van der Waals surface area contributed by atoms with Crippen molar-refractivity contribution < 1.29 is 14.3 Å². The van der Waals surface area contributed by atoms with Gasteiger partial charge >= 0.3 is 6.03 Å². The summed E-state index contributed by atoms with van der Waals surface area (Å²) in [7, 11) is 0. The summed E-state index contributed by atoms with van der Waals surface area (Å²) in [6, 6.07) is 0.420. The molecular formula is C15H26N4O3. The molecule has 1 N–H and O–H groups in total. The zero-order chi connectivity index (χ0) is 15.4. The third kappa shape index (κ3) is 4.33. The predicted molar refractivity (Wildman–Crippen MR) is 81.6 cm³/mol. The summed E-state index contributed by atoms with van der Waals surface area (Å²) >= 11 is 0. The van der Waals surface area contributed by atoms with Gasteiger partial charge in [-0.15, -0.1) is 0 Å². The summed E-state index contributed by atoms with van der Waals surface area (Å²) in [6.07, 6.45) is 2.77. The number of piperazine rings is 1. The van der Waals surface area contributed by atoms with Crippen LogP contribution in [0.2, 0.25) is 0 Å². The fraction of sp³-hybridized carbons (Fsp3) is 0.867. The molecule has 3 fully saturated rings. The molecule has 22 heavy (non-hydrogen) atoms. The zero-order valence-electron chi connectivity index (χ0n) is 13.1. The normalized spacial score (nSPS) is 23.5. The Morgan fingerprint density at radius 2 is 1.59 bits per heavy atom. The van der Waals surface area contributed by atoms with Crippen molar-refractivity contribution >= 4 is 11.9 Å². The standard InChI is InChI=1S/C15H26N4O3/c20-14(3-4-17-9-11-22-12-10-17)18-5-7-19(8-6-18)15(21)16-13-1-2-13/h13H,1-12H2,(H,16,21). The molecule has 2 aliphatic heterocycles. The SMILES string of the molecule is O=C(CCN1CCOCC1)N1CCN(C(=O)NC2CC2)CC1. The molecule has 7 nitrogen and oxygen atoms in total. The fourth-order valence-electron chi connectivity index (χ4n) is 2.89. The van der Waals surface area contributed by atoms with Crippen LogP contribution < -0.4 is 5.32 Å².